The first-order valence-electron chi connectivity index (χ1n) is 9.28. The first-order valence-corrected chi connectivity index (χ1v) is 9.66. The van der Waals surface area contributed by atoms with E-state index in [0.29, 0.717) is 23.9 Å². The van der Waals surface area contributed by atoms with Crippen LogP contribution >= 0.6 is 11.6 Å². The summed E-state index contributed by atoms with van der Waals surface area (Å²) in [5.41, 5.74) is 7.86. The van der Waals surface area contributed by atoms with Gasteiger partial charge in [0.15, 0.2) is 0 Å². The van der Waals surface area contributed by atoms with Gasteiger partial charge in [0, 0.05) is 49.2 Å². The zero-order valence-electron chi connectivity index (χ0n) is 15.5. The standard InChI is InChI=1S/C20H25ClN4O2/c1-2-3-15(9-22)10-23-11-20(12-23)13-24(14-20)19(26)25-6-7-27-18-8-16(21)4-5-17(18)25/h2-5,8-9H,6-7,10-14,22H2,1H3/b3-2-,15-9+. The summed E-state index contributed by atoms with van der Waals surface area (Å²) in [5.74, 6) is 0.678. The fourth-order valence-electron chi connectivity index (χ4n) is 4.31. The number of nitrogens with two attached hydrogens (primary N) is 1. The Morgan fingerprint density at radius 1 is 1.33 bits per heavy atom. The molecule has 0 atom stereocenters. The van der Waals surface area contributed by atoms with E-state index in [-0.39, 0.29) is 11.4 Å². The molecule has 1 spiro atoms. The van der Waals surface area contributed by atoms with Crippen LogP contribution in [0.5, 0.6) is 5.75 Å². The van der Waals surface area contributed by atoms with Gasteiger partial charge in [0.05, 0.1) is 12.2 Å². The number of benzene rings is 1. The quantitative estimate of drug-likeness (QED) is 0.809. The predicted octanol–water partition coefficient (Wildman–Crippen LogP) is 2.70. The molecular weight excluding hydrogens is 364 g/mol. The zero-order valence-corrected chi connectivity index (χ0v) is 16.3. The van der Waals surface area contributed by atoms with Crippen LogP contribution in [0.2, 0.25) is 5.02 Å². The van der Waals surface area contributed by atoms with E-state index in [0.717, 1.165) is 44.0 Å². The molecule has 3 heterocycles. The summed E-state index contributed by atoms with van der Waals surface area (Å²) in [4.78, 5) is 19.1. The first-order chi connectivity index (χ1) is 13.0. The fourth-order valence-corrected chi connectivity index (χ4v) is 4.47. The number of carbonyl (C=O) groups excluding carboxylic acids is 1. The Labute approximate surface area is 164 Å². The Balaban J connectivity index is 1.33. The smallest absolute Gasteiger partial charge is 0.324 e. The van der Waals surface area contributed by atoms with Crippen molar-refractivity contribution in [3.05, 3.63) is 47.1 Å². The molecular formula is C20H25ClN4O2. The number of likely N-dealkylation sites (tertiary alicyclic amines) is 2. The third-order valence-electron chi connectivity index (χ3n) is 5.46. The van der Waals surface area contributed by atoms with Gasteiger partial charge in [-0.3, -0.25) is 9.80 Å². The molecule has 0 saturated carbocycles. The number of urea groups is 1. The average molecular weight is 389 g/mol. The number of hydrogen-bond donors (Lipinski definition) is 1. The second kappa shape index (κ2) is 7.09. The molecule has 2 amide bonds. The number of allylic oxidation sites excluding steroid dienone is 1. The molecule has 3 aliphatic heterocycles. The van der Waals surface area contributed by atoms with Gasteiger partial charge >= 0.3 is 6.03 Å². The van der Waals surface area contributed by atoms with E-state index in [1.807, 2.05) is 30.0 Å². The molecule has 3 aliphatic rings. The summed E-state index contributed by atoms with van der Waals surface area (Å²) >= 11 is 6.03. The van der Waals surface area contributed by atoms with Crippen molar-refractivity contribution >= 4 is 23.3 Å². The Kier molecular flexibility index (Phi) is 4.78. The van der Waals surface area contributed by atoms with Gasteiger partial charge in [-0.2, -0.15) is 0 Å². The maximum Gasteiger partial charge on any atom is 0.324 e. The van der Waals surface area contributed by atoms with Gasteiger partial charge in [-0.15, -0.1) is 0 Å². The first kappa shape index (κ1) is 18.2. The van der Waals surface area contributed by atoms with E-state index in [1.165, 1.54) is 0 Å². The van der Waals surface area contributed by atoms with Crippen LogP contribution in [0.25, 0.3) is 0 Å². The van der Waals surface area contributed by atoms with Gasteiger partial charge in [-0.25, -0.2) is 4.79 Å². The van der Waals surface area contributed by atoms with Crippen molar-refractivity contribution in [3.63, 3.8) is 0 Å². The van der Waals surface area contributed by atoms with Crippen molar-refractivity contribution in [3.8, 4) is 5.75 Å². The molecule has 6 nitrogen and oxygen atoms in total. The number of carbonyl (C=O) groups is 1. The minimum Gasteiger partial charge on any atom is -0.489 e. The molecule has 0 radical (unpaired) electrons. The lowest BCUT2D eigenvalue weighted by molar-refractivity contribution is -0.0892. The number of anilines is 1. The van der Waals surface area contributed by atoms with E-state index >= 15 is 0 Å². The van der Waals surface area contributed by atoms with Gasteiger partial charge < -0.3 is 15.4 Å². The third kappa shape index (κ3) is 3.39. The lowest BCUT2D eigenvalue weighted by Crippen LogP contribution is -2.74. The van der Waals surface area contributed by atoms with E-state index in [9.17, 15) is 4.79 Å². The molecule has 1 aromatic carbocycles. The van der Waals surface area contributed by atoms with Crippen LogP contribution in [0.1, 0.15) is 6.92 Å². The van der Waals surface area contributed by atoms with Crippen molar-refractivity contribution in [1.29, 1.82) is 0 Å². The van der Waals surface area contributed by atoms with E-state index < -0.39 is 0 Å². The monoisotopic (exact) mass is 388 g/mol. The van der Waals surface area contributed by atoms with E-state index in [2.05, 4.69) is 4.90 Å². The highest BCUT2D eigenvalue weighted by Gasteiger charge is 2.53. The van der Waals surface area contributed by atoms with Crippen molar-refractivity contribution in [2.24, 2.45) is 11.1 Å². The second-order valence-corrected chi connectivity index (χ2v) is 8.07. The van der Waals surface area contributed by atoms with Crippen molar-refractivity contribution < 1.29 is 9.53 Å². The summed E-state index contributed by atoms with van der Waals surface area (Å²) < 4.78 is 5.65. The Bertz CT molecular complexity index is 793. The zero-order chi connectivity index (χ0) is 19.0. The second-order valence-electron chi connectivity index (χ2n) is 7.64. The normalized spacial score (nSPS) is 21.6. The molecule has 2 saturated heterocycles. The number of halogens is 1. The maximum absolute atomic E-state index is 13.0. The van der Waals surface area contributed by atoms with Crippen LogP contribution in [0.3, 0.4) is 0 Å². The van der Waals surface area contributed by atoms with E-state index in [4.69, 9.17) is 22.1 Å². The topological polar surface area (TPSA) is 62.0 Å². The molecule has 0 bridgehead atoms. The summed E-state index contributed by atoms with van der Waals surface area (Å²) in [6.45, 7) is 7.58. The van der Waals surface area contributed by atoms with Crippen molar-refractivity contribution in [1.82, 2.24) is 9.80 Å². The van der Waals surface area contributed by atoms with Crippen molar-refractivity contribution in [2.45, 2.75) is 6.92 Å². The maximum atomic E-state index is 13.0. The number of hydrogen-bond acceptors (Lipinski definition) is 4. The van der Waals surface area contributed by atoms with Gasteiger partial charge in [-0.1, -0.05) is 23.8 Å². The lowest BCUT2D eigenvalue weighted by atomic mass is 9.73. The van der Waals surface area contributed by atoms with Crippen molar-refractivity contribution in [2.75, 3.05) is 50.8 Å². The average Bonchev–Trinajstić information content (AvgIpc) is 2.60. The number of nitrogens with zero attached hydrogens (tertiary/aromatic N) is 3. The lowest BCUT2D eigenvalue weighted by Gasteiger charge is -2.60. The molecule has 0 aromatic heterocycles. The summed E-state index contributed by atoms with van der Waals surface area (Å²) in [7, 11) is 0. The van der Waals surface area contributed by atoms with Gasteiger partial charge in [0.2, 0.25) is 0 Å². The molecule has 7 heteroatoms. The van der Waals surface area contributed by atoms with Gasteiger partial charge in [-0.05, 0) is 30.8 Å². The highest BCUT2D eigenvalue weighted by molar-refractivity contribution is 6.30. The molecule has 0 aliphatic carbocycles. The minimum absolute atomic E-state index is 0.0578. The minimum atomic E-state index is 0.0578. The molecule has 1 aromatic rings. The number of fused-ring (bicyclic) bond motifs is 1. The summed E-state index contributed by atoms with van der Waals surface area (Å²) in [6.07, 6.45) is 5.72. The Hall–Kier alpha value is -2.18. The predicted molar refractivity (Wildman–Crippen MR) is 107 cm³/mol. The van der Waals surface area contributed by atoms with Crippen LogP contribution in [-0.2, 0) is 0 Å². The molecule has 2 fully saturated rings. The molecule has 27 heavy (non-hydrogen) atoms. The number of rotatable bonds is 3. The highest BCUT2D eigenvalue weighted by atomic mass is 35.5. The molecule has 144 valence electrons. The molecule has 2 N–H and O–H groups in total. The summed E-state index contributed by atoms with van der Waals surface area (Å²) in [5, 5.41) is 0.615. The summed E-state index contributed by atoms with van der Waals surface area (Å²) in [6, 6.07) is 5.48. The van der Waals surface area contributed by atoms with Gasteiger partial charge in [0.1, 0.15) is 12.4 Å². The van der Waals surface area contributed by atoms with Crippen LogP contribution in [0, 0.1) is 5.41 Å². The number of ether oxygens (including phenoxy) is 1. The van der Waals surface area contributed by atoms with Crippen LogP contribution < -0.4 is 15.4 Å². The Morgan fingerprint density at radius 2 is 2.11 bits per heavy atom. The van der Waals surface area contributed by atoms with Crippen LogP contribution in [0.4, 0.5) is 10.5 Å². The SMILES string of the molecule is C/C=C\C(=C/N)CN1CC2(C1)CN(C(=O)N1CCOc3cc(Cl)ccc31)C2. The van der Waals surface area contributed by atoms with Gasteiger partial charge in [0.25, 0.3) is 0 Å². The Morgan fingerprint density at radius 3 is 2.81 bits per heavy atom. The van der Waals surface area contributed by atoms with Crippen LogP contribution in [-0.4, -0.2) is 61.7 Å². The van der Waals surface area contributed by atoms with E-state index in [1.54, 1.807) is 23.2 Å². The molecule has 0 unspecified atom stereocenters. The van der Waals surface area contributed by atoms with Crippen LogP contribution in [0.15, 0.2) is 42.1 Å². The highest BCUT2D eigenvalue weighted by Crippen LogP contribution is 2.42. The number of amides is 2. The molecule has 4 rings (SSSR count). The largest absolute Gasteiger partial charge is 0.489 e. The third-order valence-corrected chi connectivity index (χ3v) is 5.69. The fraction of sp³-hybridized carbons (Fsp3) is 0.450.